The van der Waals surface area contributed by atoms with Gasteiger partial charge in [-0.1, -0.05) is 52.8 Å². The minimum atomic E-state index is -4.50. The minimum absolute atomic E-state index is 0.0183. The Labute approximate surface area is 175 Å². The van der Waals surface area contributed by atoms with E-state index in [0.29, 0.717) is 5.84 Å². The number of aromatic nitrogens is 3. The van der Waals surface area contributed by atoms with Crippen LogP contribution in [0.3, 0.4) is 0 Å². The van der Waals surface area contributed by atoms with Gasteiger partial charge in [0.05, 0.1) is 11.6 Å². The molecular formula is C21H29F3N6. The SMILES string of the molecule is CC.CC.CCC1C=CC(Nc2ncnc(-c3ccc(CN)c(C(F)(F)F)c3)n2)=N1. The second kappa shape index (κ2) is 12.0. The van der Waals surface area contributed by atoms with E-state index >= 15 is 0 Å². The summed E-state index contributed by atoms with van der Waals surface area (Å²) in [5, 5.41) is 2.94. The molecule has 1 aliphatic heterocycles. The van der Waals surface area contributed by atoms with E-state index < -0.39 is 11.7 Å². The fourth-order valence-corrected chi connectivity index (χ4v) is 2.54. The van der Waals surface area contributed by atoms with Gasteiger partial charge in [-0.25, -0.2) is 9.97 Å². The molecule has 6 nitrogen and oxygen atoms in total. The van der Waals surface area contributed by atoms with E-state index in [4.69, 9.17) is 5.73 Å². The highest BCUT2D eigenvalue weighted by Gasteiger charge is 2.33. The molecule has 2 heterocycles. The van der Waals surface area contributed by atoms with E-state index in [9.17, 15) is 13.2 Å². The molecule has 0 amide bonds. The number of anilines is 1. The molecule has 3 rings (SSSR count). The zero-order valence-electron chi connectivity index (χ0n) is 18.0. The third kappa shape index (κ3) is 6.62. The van der Waals surface area contributed by atoms with Crippen molar-refractivity contribution in [3.8, 4) is 11.4 Å². The Morgan fingerprint density at radius 1 is 1.10 bits per heavy atom. The lowest BCUT2D eigenvalue weighted by molar-refractivity contribution is -0.138. The standard InChI is InChI=1S/C17H17F3N6.2C2H6/c1-2-12-5-6-14(24-12)25-16-23-9-22-15(26-16)10-3-4-11(8-21)13(7-10)17(18,19)20;2*1-2/h3-7,9,12H,2,8,21H2,1H3,(H,22,23,24,25,26);2*1-2H3. The van der Waals surface area contributed by atoms with Crippen molar-refractivity contribution in [2.75, 3.05) is 5.32 Å². The van der Waals surface area contributed by atoms with Gasteiger partial charge >= 0.3 is 6.18 Å². The number of halogens is 3. The van der Waals surface area contributed by atoms with Crippen LogP contribution < -0.4 is 11.1 Å². The van der Waals surface area contributed by atoms with Gasteiger partial charge in [0.1, 0.15) is 12.2 Å². The zero-order valence-corrected chi connectivity index (χ0v) is 18.0. The molecule has 1 aliphatic rings. The van der Waals surface area contributed by atoms with Crippen LogP contribution in [-0.2, 0) is 12.7 Å². The number of hydrogen-bond acceptors (Lipinski definition) is 6. The van der Waals surface area contributed by atoms with Gasteiger partial charge in [0.15, 0.2) is 5.82 Å². The van der Waals surface area contributed by atoms with Crippen molar-refractivity contribution >= 4 is 11.8 Å². The molecule has 0 spiro atoms. The second-order valence-electron chi connectivity index (χ2n) is 5.68. The van der Waals surface area contributed by atoms with Gasteiger partial charge in [0, 0.05) is 12.1 Å². The molecule has 1 aromatic heterocycles. The molecule has 2 aromatic rings. The maximum Gasteiger partial charge on any atom is 0.416 e. The van der Waals surface area contributed by atoms with E-state index in [-0.39, 0.29) is 35.5 Å². The van der Waals surface area contributed by atoms with E-state index in [1.54, 1.807) is 0 Å². The first-order chi connectivity index (χ1) is 14.4. The fraction of sp³-hybridized carbons (Fsp3) is 0.429. The summed E-state index contributed by atoms with van der Waals surface area (Å²) in [5.41, 5.74) is 4.86. The lowest BCUT2D eigenvalue weighted by Gasteiger charge is -2.13. The molecule has 0 bridgehead atoms. The van der Waals surface area contributed by atoms with Crippen LogP contribution in [0.5, 0.6) is 0 Å². The van der Waals surface area contributed by atoms with E-state index in [2.05, 4.69) is 25.3 Å². The molecule has 1 atom stereocenters. The van der Waals surface area contributed by atoms with Crippen LogP contribution >= 0.6 is 0 Å². The molecule has 1 unspecified atom stereocenters. The summed E-state index contributed by atoms with van der Waals surface area (Å²) in [5.74, 6) is 0.946. The van der Waals surface area contributed by atoms with Crippen molar-refractivity contribution in [2.24, 2.45) is 10.7 Å². The number of aliphatic imine (C=N–C) groups is 1. The Hall–Kier alpha value is -2.81. The highest BCUT2D eigenvalue weighted by molar-refractivity contribution is 6.04. The molecule has 30 heavy (non-hydrogen) atoms. The summed E-state index contributed by atoms with van der Waals surface area (Å²) in [6.07, 6.45) is 1.38. The summed E-state index contributed by atoms with van der Waals surface area (Å²) >= 11 is 0. The van der Waals surface area contributed by atoms with Crippen LogP contribution in [0.4, 0.5) is 19.1 Å². The molecular weight excluding hydrogens is 393 g/mol. The maximum atomic E-state index is 13.2. The van der Waals surface area contributed by atoms with E-state index in [0.717, 1.165) is 12.5 Å². The average Bonchev–Trinajstić information content (AvgIpc) is 3.23. The quantitative estimate of drug-likeness (QED) is 0.704. The highest BCUT2D eigenvalue weighted by Crippen LogP contribution is 2.34. The van der Waals surface area contributed by atoms with Gasteiger partial charge in [0.25, 0.3) is 0 Å². The van der Waals surface area contributed by atoms with Crippen LogP contribution in [0, 0.1) is 0 Å². The molecule has 0 aliphatic carbocycles. The van der Waals surface area contributed by atoms with Crippen molar-refractivity contribution in [2.45, 2.75) is 59.8 Å². The van der Waals surface area contributed by atoms with Gasteiger partial charge in [-0.2, -0.15) is 18.2 Å². The van der Waals surface area contributed by atoms with Crippen LogP contribution in [0.1, 0.15) is 52.2 Å². The number of hydrogen-bond donors (Lipinski definition) is 2. The summed E-state index contributed by atoms with van der Waals surface area (Å²) in [4.78, 5) is 16.6. The van der Waals surface area contributed by atoms with Gasteiger partial charge in [-0.15, -0.1) is 0 Å². The predicted molar refractivity (Wildman–Crippen MR) is 115 cm³/mol. The van der Waals surface area contributed by atoms with Gasteiger partial charge in [-0.3, -0.25) is 4.99 Å². The minimum Gasteiger partial charge on any atom is -0.326 e. The number of alkyl halides is 3. The first-order valence-corrected chi connectivity index (χ1v) is 10.0. The average molecular weight is 422 g/mol. The van der Waals surface area contributed by atoms with Crippen LogP contribution in [0.25, 0.3) is 11.4 Å². The number of benzene rings is 1. The maximum absolute atomic E-state index is 13.2. The van der Waals surface area contributed by atoms with E-state index in [1.165, 1.54) is 18.5 Å². The summed E-state index contributed by atoms with van der Waals surface area (Å²) < 4.78 is 39.6. The monoisotopic (exact) mass is 422 g/mol. The first-order valence-electron chi connectivity index (χ1n) is 10.0. The Morgan fingerprint density at radius 3 is 2.37 bits per heavy atom. The fourth-order valence-electron chi connectivity index (χ4n) is 2.54. The van der Waals surface area contributed by atoms with Crippen LogP contribution in [-0.4, -0.2) is 26.8 Å². The van der Waals surface area contributed by atoms with Gasteiger partial charge in [-0.05, 0) is 24.1 Å². The normalized spacial score (nSPS) is 14.8. The van der Waals surface area contributed by atoms with Crippen molar-refractivity contribution in [3.63, 3.8) is 0 Å². The molecule has 164 valence electrons. The molecule has 0 radical (unpaired) electrons. The number of nitrogens with one attached hydrogen (secondary N) is 1. The lowest BCUT2D eigenvalue weighted by Crippen LogP contribution is -2.13. The molecule has 0 saturated heterocycles. The Bertz CT molecular complexity index is 862. The van der Waals surface area contributed by atoms with Gasteiger partial charge in [0.2, 0.25) is 5.95 Å². The smallest absolute Gasteiger partial charge is 0.326 e. The van der Waals surface area contributed by atoms with Crippen molar-refractivity contribution in [3.05, 3.63) is 47.8 Å². The van der Waals surface area contributed by atoms with Crippen molar-refractivity contribution in [1.29, 1.82) is 0 Å². The zero-order chi connectivity index (χ0) is 22.7. The molecule has 0 saturated carbocycles. The molecule has 3 N–H and O–H groups in total. The molecule has 1 aromatic carbocycles. The van der Waals surface area contributed by atoms with Gasteiger partial charge < -0.3 is 11.1 Å². The van der Waals surface area contributed by atoms with Crippen molar-refractivity contribution in [1.82, 2.24) is 15.0 Å². The largest absolute Gasteiger partial charge is 0.416 e. The Morgan fingerprint density at radius 2 is 1.80 bits per heavy atom. The second-order valence-corrected chi connectivity index (χ2v) is 5.68. The van der Waals surface area contributed by atoms with Crippen LogP contribution in [0.15, 0.2) is 41.7 Å². The first kappa shape index (κ1) is 25.2. The lowest BCUT2D eigenvalue weighted by atomic mass is 10.0. The predicted octanol–water partition coefficient (Wildman–Crippen LogP) is 5.23. The summed E-state index contributed by atoms with van der Waals surface area (Å²) in [7, 11) is 0. The molecule has 0 fully saturated rings. The topological polar surface area (TPSA) is 89.1 Å². The third-order valence-corrected chi connectivity index (χ3v) is 3.90. The number of nitrogens with zero attached hydrogens (tertiary/aromatic N) is 4. The number of nitrogens with two attached hydrogens (primary N) is 1. The summed E-state index contributed by atoms with van der Waals surface area (Å²) in [6, 6.07) is 3.96. The third-order valence-electron chi connectivity index (χ3n) is 3.90. The number of rotatable bonds is 4. The molecule has 9 heteroatoms. The Balaban J connectivity index is 0.00000106. The highest BCUT2D eigenvalue weighted by atomic mass is 19.4. The number of amidine groups is 1. The Kier molecular flexibility index (Phi) is 10.1. The van der Waals surface area contributed by atoms with E-state index in [1.807, 2.05) is 46.8 Å². The summed E-state index contributed by atoms with van der Waals surface area (Å²) in [6.45, 7) is 9.82. The van der Waals surface area contributed by atoms with Crippen molar-refractivity contribution < 1.29 is 13.2 Å². The van der Waals surface area contributed by atoms with Crippen LogP contribution in [0.2, 0.25) is 0 Å².